The first-order chi connectivity index (χ1) is 38.5. The van der Waals surface area contributed by atoms with E-state index in [1.54, 1.807) is 0 Å². The molecule has 0 fully saturated rings. The number of halogens is 1. The SMILES string of the molecule is Clc1nc(-c2ccc3c(c2)oc2ccccc23)nc(-c2ccc3c(c2)oc2cc(-c4cccc5c4oc4c(-c6cccc(-c7cccc8c7[nH]c7ccc(-n9c%10ccccc%10c%10ccccc%109)cc78)c6)cccc45)ccc23)n1. The fourth-order valence-electron chi connectivity index (χ4n) is 12.2. The van der Waals surface area contributed by atoms with Crippen LogP contribution in [-0.4, -0.2) is 24.5 Å². The molecule has 1 N–H and O–H groups in total. The first-order valence-electron chi connectivity index (χ1n) is 25.9. The summed E-state index contributed by atoms with van der Waals surface area (Å²) >= 11 is 6.57. The Bertz CT molecular complexity index is 5330. The lowest BCUT2D eigenvalue weighted by molar-refractivity contribution is 0.668. The lowest BCUT2D eigenvalue weighted by atomic mass is 9.96. The van der Waals surface area contributed by atoms with Crippen molar-refractivity contribution < 1.29 is 13.3 Å². The Hall–Kier alpha value is -10.3. The average Bonchev–Trinajstić information content (AvgIpc) is 4.44. The number of nitrogens with one attached hydrogen (secondary N) is 1. The Morgan fingerprint density at radius 3 is 1.47 bits per heavy atom. The van der Waals surface area contributed by atoms with Gasteiger partial charge < -0.3 is 22.8 Å². The first-order valence-corrected chi connectivity index (χ1v) is 26.3. The molecule has 0 aliphatic rings. The lowest BCUT2D eigenvalue weighted by Crippen LogP contribution is -1.97. The number of para-hydroxylation sites is 6. The standard InChI is InChI=1S/C69H38ClN5O3/c70-69-73-67(41-26-30-50-49-15-3-6-24-60(49)76-62(50)35-41)72-68(74-69)42-27-31-52-51-29-25-40(34-61(51)77-63(52)36-42)46-18-10-21-55-54-20-9-17-45(65(54)78-66(46)55)39-12-7-11-38(33-39)44-16-8-19-53-56-37-43(28-32-57(56)71-64(44)53)75-58-22-4-1-13-47(58)48-14-2-5-23-59(48)75/h1-37,71H. The molecule has 0 aliphatic carbocycles. The molecular formula is C69H38ClN5O3. The van der Waals surface area contributed by atoms with Crippen molar-refractivity contribution in [2.45, 2.75) is 0 Å². The highest BCUT2D eigenvalue weighted by Gasteiger charge is 2.21. The van der Waals surface area contributed by atoms with Gasteiger partial charge in [-0.05, 0) is 107 Å². The largest absolute Gasteiger partial charge is 0.456 e. The van der Waals surface area contributed by atoms with Gasteiger partial charge in [0.15, 0.2) is 11.6 Å². The van der Waals surface area contributed by atoms with E-state index in [0.717, 1.165) is 121 Å². The van der Waals surface area contributed by atoms with Gasteiger partial charge in [-0.25, -0.2) is 4.98 Å². The summed E-state index contributed by atoms with van der Waals surface area (Å²) in [6.45, 7) is 0. The van der Waals surface area contributed by atoms with Gasteiger partial charge in [0.25, 0.3) is 0 Å². The van der Waals surface area contributed by atoms with Crippen molar-refractivity contribution in [1.29, 1.82) is 0 Å². The number of rotatable bonds is 6. The summed E-state index contributed by atoms with van der Waals surface area (Å²) in [5.74, 6) is 0.894. The Morgan fingerprint density at radius 2 is 0.821 bits per heavy atom. The Balaban J connectivity index is 0.712. The number of H-pyrrole nitrogens is 1. The van der Waals surface area contributed by atoms with E-state index >= 15 is 0 Å². The molecule has 0 saturated carbocycles. The van der Waals surface area contributed by atoms with Crippen molar-refractivity contribution in [3.8, 4) is 61.8 Å². The second kappa shape index (κ2) is 16.4. The van der Waals surface area contributed by atoms with Crippen LogP contribution < -0.4 is 0 Å². The van der Waals surface area contributed by atoms with E-state index in [9.17, 15) is 0 Å². The third-order valence-electron chi connectivity index (χ3n) is 15.8. The zero-order chi connectivity index (χ0) is 51.2. The maximum atomic E-state index is 7.02. The number of nitrogens with zero attached hydrogens (tertiary/aromatic N) is 4. The van der Waals surface area contributed by atoms with Crippen molar-refractivity contribution in [2.24, 2.45) is 0 Å². The van der Waals surface area contributed by atoms with E-state index in [2.05, 4.69) is 195 Å². The van der Waals surface area contributed by atoms with E-state index in [-0.39, 0.29) is 5.28 Å². The van der Waals surface area contributed by atoms with Crippen LogP contribution in [0.3, 0.4) is 0 Å². The fraction of sp³-hybridized carbons (Fsp3) is 0. The number of aromatic nitrogens is 5. The van der Waals surface area contributed by atoms with E-state index in [1.165, 1.54) is 32.6 Å². The molecular weight excluding hydrogens is 982 g/mol. The van der Waals surface area contributed by atoms with Crippen molar-refractivity contribution in [1.82, 2.24) is 24.5 Å². The van der Waals surface area contributed by atoms with Gasteiger partial charge in [0, 0.05) is 92.9 Å². The molecule has 8 nitrogen and oxygen atoms in total. The Morgan fingerprint density at radius 1 is 0.333 bits per heavy atom. The highest BCUT2D eigenvalue weighted by molar-refractivity contribution is 6.28. The summed E-state index contributed by atoms with van der Waals surface area (Å²) in [7, 11) is 0. The number of fused-ring (bicyclic) bond motifs is 15. The molecule has 17 rings (SSSR count). The molecule has 11 aromatic carbocycles. The summed E-state index contributed by atoms with van der Waals surface area (Å²) in [4.78, 5) is 17.7. The highest BCUT2D eigenvalue weighted by Crippen LogP contribution is 2.44. The van der Waals surface area contributed by atoms with Crippen LogP contribution in [0.15, 0.2) is 238 Å². The van der Waals surface area contributed by atoms with Crippen LogP contribution >= 0.6 is 11.6 Å². The van der Waals surface area contributed by atoms with Crippen LogP contribution in [0.4, 0.5) is 0 Å². The van der Waals surface area contributed by atoms with Gasteiger partial charge >= 0.3 is 0 Å². The molecule has 6 aromatic heterocycles. The molecule has 0 atom stereocenters. The maximum absolute atomic E-state index is 7.02. The monoisotopic (exact) mass is 1020 g/mol. The van der Waals surface area contributed by atoms with Gasteiger partial charge in [-0.2, -0.15) is 9.97 Å². The number of hydrogen-bond acceptors (Lipinski definition) is 6. The third kappa shape index (κ3) is 6.44. The summed E-state index contributed by atoms with van der Waals surface area (Å²) in [5, 5.41) is 11.1. The van der Waals surface area contributed by atoms with Crippen molar-refractivity contribution >= 4 is 121 Å². The van der Waals surface area contributed by atoms with Crippen LogP contribution in [0.1, 0.15) is 0 Å². The zero-order valence-corrected chi connectivity index (χ0v) is 42.0. The number of furan rings is 3. The Kier molecular flexibility index (Phi) is 9.02. The van der Waals surface area contributed by atoms with Gasteiger partial charge in [-0.3, -0.25) is 0 Å². The second-order valence-corrected chi connectivity index (χ2v) is 20.4. The third-order valence-corrected chi connectivity index (χ3v) is 15.9. The summed E-state index contributed by atoms with van der Waals surface area (Å²) < 4.78 is 22.2. The van der Waals surface area contributed by atoms with Gasteiger partial charge in [0.1, 0.15) is 33.5 Å². The van der Waals surface area contributed by atoms with Crippen LogP contribution in [0, 0.1) is 0 Å². The number of hydrogen-bond donors (Lipinski definition) is 1. The molecule has 0 spiro atoms. The molecule has 78 heavy (non-hydrogen) atoms. The average molecular weight is 1020 g/mol. The predicted molar refractivity (Wildman–Crippen MR) is 318 cm³/mol. The summed E-state index contributed by atoms with van der Waals surface area (Å²) in [6, 6.07) is 78.6. The van der Waals surface area contributed by atoms with Gasteiger partial charge in [0.2, 0.25) is 5.28 Å². The minimum Gasteiger partial charge on any atom is -0.456 e. The van der Waals surface area contributed by atoms with E-state index in [4.69, 9.17) is 29.8 Å². The first kappa shape index (κ1) is 43.0. The minimum absolute atomic E-state index is 0.0973. The second-order valence-electron chi connectivity index (χ2n) is 20.1. The predicted octanol–water partition coefficient (Wildman–Crippen LogP) is 19.3. The smallest absolute Gasteiger partial charge is 0.226 e. The summed E-state index contributed by atoms with van der Waals surface area (Å²) in [5.41, 5.74) is 18.3. The highest BCUT2D eigenvalue weighted by atomic mass is 35.5. The van der Waals surface area contributed by atoms with Crippen molar-refractivity contribution in [3.05, 3.63) is 230 Å². The topological polar surface area (TPSA) is 98.8 Å². The number of aromatic amines is 1. The molecule has 0 amide bonds. The van der Waals surface area contributed by atoms with Crippen LogP contribution in [0.5, 0.6) is 0 Å². The number of benzene rings is 11. The molecule has 364 valence electrons. The van der Waals surface area contributed by atoms with Crippen LogP contribution in [0.2, 0.25) is 5.28 Å². The van der Waals surface area contributed by atoms with Crippen molar-refractivity contribution in [2.75, 3.05) is 0 Å². The van der Waals surface area contributed by atoms with Gasteiger partial charge in [-0.1, -0.05) is 146 Å². The molecule has 0 bridgehead atoms. The van der Waals surface area contributed by atoms with E-state index in [1.807, 2.05) is 48.5 Å². The molecule has 0 saturated heterocycles. The fourth-order valence-corrected chi connectivity index (χ4v) is 12.3. The van der Waals surface area contributed by atoms with Gasteiger partial charge in [0.05, 0.1) is 16.6 Å². The Labute approximate surface area is 448 Å². The molecule has 9 heteroatoms. The van der Waals surface area contributed by atoms with Crippen LogP contribution in [-0.2, 0) is 0 Å². The van der Waals surface area contributed by atoms with E-state index in [0.29, 0.717) is 17.2 Å². The molecule has 17 aromatic rings. The molecule has 6 heterocycles. The zero-order valence-electron chi connectivity index (χ0n) is 41.3. The van der Waals surface area contributed by atoms with Crippen molar-refractivity contribution in [3.63, 3.8) is 0 Å². The van der Waals surface area contributed by atoms with E-state index < -0.39 is 0 Å². The lowest BCUT2D eigenvalue weighted by Gasteiger charge is -2.09. The van der Waals surface area contributed by atoms with Crippen LogP contribution in [0.25, 0.3) is 171 Å². The van der Waals surface area contributed by atoms with Gasteiger partial charge in [-0.15, -0.1) is 0 Å². The summed E-state index contributed by atoms with van der Waals surface area (Å²) in [6.07, 6.45) is 0. The normalized spacial score (nSPS) is 12.2. The molecule has 0 radical (unpaired) electrons. The quantitative estimate of drug-likeness (QED) is 0.178. The molecule has 0 aliphatic heterocycles. The molecule has 0 unspecified atom stereocenters. The minimum atomic E-state index is 0.0973. The maximum Gasteiger partial charge on any atom is 0.226 e.